The van der Waals surface area contributed by atoms with Crippen molar-refractivity contribution in [3.63, 3.8) is 0 Å². The zero-order chi connectivity index (χ0) is 11.7. The van der Waals surface area contributed by atoms with E-state index < -0.39 is 0 Å². The molecule has 3 heteroatoms. The molecule has 3 nitrogen and oxygen atoms in total. The van der Waals surface area contributed by atoms with Gasteiger partial charge >= 0.3 is 0 Å². The number of para-hydroxylation sites is 1. The molecule has 92 valence electrons. The second-order valence-electron chi connectivity index (χ2n) is 5.03. The largest absolute Gasteiger partial charge is 0.381 e. The molecule has 3 rings (SSSR count). The smallest absolute Gasteiger partial charge is 0.0522 e. The number of hydrogen-bond acceptors (Lipinski definition) is 3. The van der Waals surface area contributed by atoms with Crippen LogP contribution in [0.5, 0.6) is 0 Å². The third-order valence-corrected chi connectivity index (χ3v) is 4.02. The van der Waals surface area contributed by atoms with Crippen molar-refractivity contribution in [1.29, 1.82) is 0 Å². The summed E-state index contributed by atoms with van der Waals surface area (Å²) in [6.07, 6.45) is 1.24. The van der Waals surface area contributed by atoms with Crippen molar-refractivity contribution in [2.24, 2.45) is 11.7 Å². The second-order valence-corrected chi connectivity index (χ2v) is 5.03. The lowest BCUT2D eigenvalue weighted by molar-refractivity contribution is -0.0464. The summed E-state index contributed by atoms with van der Waals surface area (Å²) in [5.74, 6) is 1.42. The Morgan fingerprint density at radius 1 is 1.29 bits per heavy atom. The average molecular weight is 232 g/mol. The maximum Gasteiger partial charge on any atom is 0.0522 e. The molecule has 2 N–H and O–H groups in total. The molecule has 0 aromatic heterocycles. The van der Waals surface area contributed by atoms with Gasteiger partial charge in [0.1, 0.15) is 0 Å². The molecule has 1 saturated heterocycles. The van der Waals surface area contributed by atoms with Crippen LogP contribution in [-0.2, 0) is 4.74 Å². The van der Waals surface area contributed by atoms with Crippen LogP contribution in [0.2, 0.25) is 0 Å². The zero-order valence-corrected chi connectivity index (χ0v) is 10.1. The third kappa shape index (κ3) is 1.94. The fourth-order valence-electron chi connectivity index (χ4n) is 3.02. The first-order valence-corrected chi connectivity index (χ1v) is 6.52. The van der Waals surface area contributed by atoms with Crippen LogP contribution >= 0.6 is 0 Å². The molecule has 0 radical (unpaired) electrons. The Morgan fingerprint density at radius 3 is 2.82 bits per heavy atom. The molecule has 1 aromatic rings. The number of benzene rings is 1. The van der Waals surface area contributed by atoms with Crippen molar-refractivity contribution >= 4 is 5.69 Å². The Balaban J connectivity index is 1.89. The van der Waals surface area contributed by atoms with E-state index >= 15 is 0 Å². The van der Waals surface area contributed by atoms with E-state index in [4.69, 9.17) is 10.5 Å². The number of nitrogens with zero attached hydrogens (tertiary/aromatic N) is 1. The highest BCUT2D eigenvalue weighted by Crippen LogP contribution is 2.41. The molecule has 2 aliphatic rings. The van der Waals surface area contributed by atoms with E-state index in [0.29, 0.717) is 5.92 Å². The van der Waals surface area contributed by atoms with Gasteiger partial charge in [0.15, 0.2) is 0 Å². The van der Waals surface area contributed by atoms with Gasteiger partial charge in [-0.1, -0.05) is 18.2 Å². The molecular formula is C14H20N2O. The summed E-state index contributed by atoms with van der Waals surface area (Å²) < 4.78 is 5.34. The monoisotopic (exact) mass is 232 g/mol. The zero-order valence-electron chi connectivity index (χ0n) is 10.1. The molecule has 2 aliphatic heterocycles. The molecule has 2 heterocycles. The molecule has 1 atom stereocenters. The molecule has 1 unspecified atom stereocenters. The van der Waals surface area contributed by atoms with Gasteiger partial charge in [0, 0.05) is 31.2 Å². The fourth-order valence-corrected chi connectivity index (χ4v) is 3.02. The van der Waals surface area contributed by atoms with Crippen molar-refractivity contribution in [2.75, 3.05) is 37.7 Å². The van der Waals surface area contributed by atoms with Gasteiger partial charge in [-0.3, -0.25) is 0 Å². The highest BCUT2D eigenvalue weighted by molar-refractivity contribution is 5.57. The maximum atomic E-state index is 5.69. The van der Waals surface area contributed by atoms with Gasteiger partial charge in [0.05, 0.1) is 13.2 Å². The van der Waals surface area contributed by atoms with Crippen molar-refractivity contribution in [3.8, 4) is 0 Å². The molecule has 0 spiro atoms. The van der Waals surface area contributed by atoms with Gasteiger partial charge in [-0.15, -0.1) is 0 Å². The number of rotatable bonds is 3. The van der Waals surface area contributed by atoms with E-state index in [9.17, 15) is 0 Å². The molecule has 1 aromatic carbocycles. The minimum atomic E-state index is 0.689. The fraction of sp³-hybridized carbons (Fsp3) is 0.571. The molecule has 0 amide bonds. The van der Waals surface area contributed by atoms with Crippen molar-refractivity contribution in [2.45, 2.75) is 12.3 Å². The minimum absolute atomic E-state index is 0.689. The van der Waals surface area contributed by atoms with E-state index in [0.717, 1.165) is 38.8 Å². The lowest BCUT2D eigenvalue weighted by atomic mass is 9.79. The van der Waals surface area contributed by atoms with Crippen LogP contribution in [-0.4, -0.2) is 32.8 Å². The molecule has 1 fully saturated rings. The number of ether oxygens (including phenoxy) is 1. The molecule has 0 aliphatic carbocycles. The van der Waals surface area contributed by atoms with Gasteiger partial charge in [0.2, 0.25) is 0 Å². The molecule has 17 heavy (non-hydrogen) atoms. The van der Waals surface area contributed by atoms with Crippen molar-refractivity contribution in [1.82, 2.24) is 0 Å². The molecule has 0 bridgehead atoms. The summed E-state index contributed by atoms with van der Waals surface area (Å²) in [6.45, 7) is 4.71. The quantitative estimate of drug-likeness (QED) is 0.860. The minimum Gasteiger partial charge on any atom is -0.381 e. The highest BCUT2D eigenvalue weighted by Gasteiger charge is 2.34. The van der Waals surface area contributed by atoms with Crippen molar-refractivity contribution in [3.05, 3.63) is 29.8 Å². The summed E-state index contributed by atoms with van der Waals surface area (Å²) in [4.78, 5) is 2.42. The predicted octanol–water partition coefficient (Wildman–Crippen LogP) is 1.59. The lowest BCUT2D eigenvalue weighted by Crippen LogP contribution is -2.40. The number of nitrogens with two attached hydrogens (primary N) is 1. The Kier molecular flexibility index (Phi) is 3.04. The van der Waals surface area contributed by atoms with Gasteiger partial charge < -0.3 is 15.4 Å². The highest BCUT2D eigenvalue weighted by atomic mass is 16.5. The second kappa shape index (κ2) is 4.67. The van der Waals surface area contributed by atoms with Crippen LogP contribution in [0.25, 0.3) is 0 Å². The SMILES string of the molecule is NCCN1CCC(C2COC2)c2ccccc21. The topological polar surface area (TPSA) is 38.5 Å². The summed E-state index contributed by atoms with van der Waals surface area (Å²) in [5.41, 5.74) is 8.58. The van der Waals surface area contributed by atoms with Gasteiger partial charge in [0.25, 0.3) is 0 Å². The van der Waals surface area contributed by atoms with E-state index in [1.807, 2.05) is 0 Å². The first-order valence-electron chi connectivity index (χ1n) is 6.52. The normalized spacial score (nSPS) is 24.3. The van der Waals surface area contributed by atoms with Gasteiger partial charge in [-0.05, 0) is 24.0 Å². The average Bonchev–Trinajstić information content (AvgIpc) is 2.30. The number of hydrogen-bond donors (Lipinski definition) is 1. The van der Waals surface area contributed by atoms with Gasteiger partial charge in [-0.25, -0.2) is 0 Å². The summed E-state index contributed by atoms with van der Waals surface area (Å²) in [6, 6.07) is 8.79. The Hall–Kier alpha value is -1.06. The first kappa shape index (κ1) is 11.1. The van der Waals surface area contributed by atoms with E-state index in [2.05, 4.69) is 29.2 Å². The standard InChI is InChI=1S/C14H20N2O/c15-6-8-16-7-5-12(11-9-17-10-11)13-3-1-2-4-14(13)16/h1-4,11-12H,5-10,15H2. The number of fused-ring (bicyclic) bond motifs is 1. The Labute approximate surface area is 103 Å². The molecule has 0 saturated carbocycles. The third-order valence-electron chi connectivity index (χ3n) is 4.02. The summed E-state index contributed by atoms with van der Waals surface area (Å²) in [7, 11) is 0. The van der Waals surface area contributed by atoms with Crippen LogP contribution in [0.4, 0.5) is 5.69 Å². The van der Waals surface area contributed by atoms with E-state index in [1.165, 1.54) is 17.7 Å². The van der Waals surface area contributed by atoms with Crippen LogP contribution in [0.3, 0.4) is 0 Å². The summed E-state index contributed by atoms with van der Waals surface area (Å²) >= 11 is 0. The van der Waals surface area contributed by atoms with Crippen LogP contribution in [0.1, 0.15) is 17.9 Å². The Bertz CT molecular complexity index is 390. The van der Waals surface area contributed by atoms with Crippen LogP contribution in [0.15, 0.2) is 24.3 Å². The Morgan fingerprint density at radius 2 is 2.12 bits per heavy atom. The number of anilines is 1. The first-order chi connectivity index (χ1) is 8.40. The van der Waals surface area contributed by atoms with Crippen LogP contribution in [0, 0.1) is 5.92 Å². The lowest BCUT2D eigenvalue weighted by Gasteiger charge is -2.41. The molecular weight excluding hydrogens is 212 g/mol. The predicted molar refractivity (Wildman–Crippen MR) is 69.4 cm³/mol. The van der Waals surface area contributed by atoms with Crippen LogP contribution < -0.4 is 10.6 Å². The van der Waals surface area contributed by atoms with E-state index in [1.54, 1.807) is 0 Å². The summed E-state index contributed by atoms with van der Waals surface area (Å²) in [5, 5.41) is 0. The maximum absolute atomic E-state index is 5.69. The van der Waals surface area contributed by atoms with E-state index in [-0.39, 0.29) is 0 Å². The van der Waals surface area contributed by atoms with Crippen molar-refractivity contribution < 1.29 is 4.74 Å². The van der Waals surface area contributed by atoms with Gasteiger partial charge in [-0.2, -0.15) is 0 Å².